The molecule has 1 aromatic rings. The van der Waals surface area contributed by atoms with Crippen LogP contribution < -0.4 is 5.32 Å². The van der Waals surface area contributed by atoms with E-state index in [0.29, 0.717) is 6.54 Å². The zero-order valence-electron chi connectivity index (χ0n) is 7.29. The van der Waals surface area contributed by atoms with E-state index in [1.807, 2.05) is 6.92 Å². The lowest BCUT2D eigenvalue weighted by Crippen LogP contribution is -2.24. The highest BCUT2D eigenvalue weighted by Gasteiger charge is 2.05. The van der Waals surface area contributed by atoms with Crippen LogP contribution >= 0.6 is 0 Å². The molecular formula is C8H13N3O. The number of carbonyl (C=O) groups excluding carboxylic acids is 1. The van der Waals surface area contributed by atoms with E-state index in [1.54, 1.807) is 12.5 Å². The Morgan fingerprint density at radius 2 is 2.58 bits per heavy atom. The molecule has 12 heavy (non-hydrogen) atoms. The molecule has 0 spiro atoms. The lowest BCUT2D eigenvalue weighted by atomic mass is 10.1. The van der Waals surface area contributed by atoms with Gasteiger partial charge in [0.05, 0.1) is 6.33 Å². The highest BCUT2D eigenvalue weighted by molar-refractivity contribution is 5.72. The third-order valence-electron chi connectivity index (χ3n) is 1.71. The Hall–Kier alpha value is -1.32. The maximum absolute atomic E-state index is 10.6. The van der Waals surface area contributed by atoms with Crippen LogP contribution in [-0.4, -0.2) is 22.4 Å². The van der Waals surface area contributed by atoms with Crippen LogP contribution in [0.2, 0.25) is 0 Å². The van der Waals surface area contributed by atoms with Crippen LogP contribution in [0.15, 0.2) is 12.5 Å². The first-order chi connectivity index (χ1) is 5.70. The number of rotatable bonds is 3. The van der Waals surface area contributed by atoms with E-state index in [2.05, 4.69) is 15.3 Å². The summed E-state index contributed by atoms with van der Waals surface area (Å²) in [5.41, 5.74) is 1.05. The maximum atomic E-state index is 10.6. The first-order valence-corrected chi connectivity index (χ1v) is 3.93. The number of amides is 1. The third-order valence-corrected chi connectivity index (χ3v) is 1.71. The van der Waals surface area contributed by atoms with Gasteiger partial charge in [0, 0.05) is 31.3 Å². The van der Waals surface area contributed by atoms with Crippen LogP contribution in [0.4, 0.5) is 0 Å². The number of aromatic amines is 1. The summed E-state index contributed by atoms with van der Waals surface area (Å²) in [6, 6.07) is 0. The summed E-state index contributed by atoms with van der Waals surface area (Å²) in [5, 5.41) is 2.75. The molecule has 0 saturated heterocycles. The molecule has 0 aliphatic heterocycles. The van der Waals surface area contributed by atoms with Crippen LogP contribution in [-0.2, 0) is 4.79 Å². The molecule has 0 saturated carbocycles. The molecule has 0 aliphatic carbocycles. The Bertz CT molecular complexity index is 243. The molecule has 1 aromatic heterocycles. The average molecular weight is 167 g/mol. The zero-order chi connectivity index (χ0) is 8.97. The molecule has 1 unspecified atom stereocenters. The summed E-state index contributed by atoms with van der Waals surface area (Å²) in [6.07, 6.45) is 3.41. The van der Waals surface area contributed by atoms with E-state index < -0.39 is 0 Å². The number of imidazole rings is 1. The molecule has 0 aromatic carbocycles. The second kappa shape index (κ2) is 3.90. The topological polar surface area (TPSA) is 57.8 Å². The molecule has 1 atom stereocenters. The second-order valence-electron chi connectivity index (χ2n) is 2.85. The van der Waals surface area contributed by atoms with Gasteiger partial charge in [-0.25, -0.2) is 4.98 Å². The lowest BCUT2D eigenvalue weighted by molar-refractivity contribution is -0.119. The summed E-state index contributed by atoms with van der Waals surface area (Å²) in [5.74, 6) is 0.290. The molecule has 1 amide bonds. The Labute approximate surface area is 71.4 Å². The third kappa shape index (κ3) is 2.38. The van der Waals surface area contributed by atoms with Crippen LogP contribution in [0.5, 0.6) is 0 Å². The second-order valence-corrected chi connectivity index (χ2v) is 2.85. The molecule has 66 valence electrons. The Kier molecular flexibility index (Phi) is 2.85. The minimum absolute atomic E-state index is 0.00126. The van der Waals surface area contributed by atoms with Crippen molar-refractivity contribution in [3.05, 3.63) is 18.2 Å². The van der Waals surface area contributed by atoms with Gasteiger partial charge in [0.2, 0.25) is 5.91 Å². The number of aromatic nitrogens is 2. The van der Waals surface area contributed by atoms with Crippen molar-refractivity contribution in [1.29, 1.82) is 0 Å². The van der Waals surface area contributed by atoms with Crippen LogP contribution in [0.3, 0.4) is 0 Å². The molecule has 0 bridgehead atoms. The standard InChI is InChI=1S/C8H13N3O/c1-6(3-10-7(2)12)8-4-9-5-11-8/h4-6H,3H2,1-2H3,(H,9,11)(H,10,12). The summed E-state index contributed by atoms with van der Waals surface area (Å²) in [7, 11) is 0. The highest BCUT2D eigenvalue weighted by Crippen LogP contribution is 2.08. The first kappa shape index (κ1) is 8.77. The number of hydrogen-bond donors (Lipinski definition) is 2. The molecule has 4 heteroatoms. The fraction of sp³-hybridized carbons (Fsp3) is 0.500. The predicted molar refractivity (Wildman–Crippen MR) is 45.7 cm³/mol. The van der Waals surface area contributed by atoms with Crippen molar-refractivity contribution in [3.63, 3.8) is 0 Å². The van der Waals surface area contributed by atoms with Crippen molar-refractivity contribution < 1.29 is 4.79 Å². The number of nitrogens with zero attached hydrogens (tertiary/aromatic N) is 1. The van der Waals surface area contributed by atoms with Gasteiger partial charge in [-0.1, -0.05) is 6.92 Å². The fourth-order valence-corrected chi connectivity index (χ4v) is 0.943. The van der Waals surface area contributed by atoms with Crippen molar-refractivity contribution in [1.82, 2.24) is 15.3 Å². The van der Waals surface area contributed by atoms with Gasteiger partial charge in [0.25, 0.3) is 0 Å². The SMILES string of the molecule is CC(=O)NCC(C)c1cnc[nH]1. The normalized spacial score (nSPS) is 12.5. The predicted octanol–water partition coefficient (Wildman–Crippen LogP) is 0.649. The highest BCUT2D eigenvalue weighted by atomic mass is 16.1. The van der Waals surface area contributed by atoms with Gasteiger partial charge in [0.15, 0.2) is 0 Å². The minimum atomic E-state index is 0.00126. The Morgan fingerprint density at radius 1 is 1.83 bits per heavy atom. The fourth-order valence-electron chi connectivity index (χ4n) is 0.943. The van der Waals surface area contributed by atoms with Gasteiger partial charge in [0.1, 0.15) is 0 Å². The Morgan fingerprint density at radius 3 is 3.08 bits per heavy atom. The molecular weight excluding hydrogens is 154 g/mol. The van der Waals surface area contributed by atoms with Crippen molar-refractivity contribution >= 4 is 5.91 Å². The van der Waals surface area contributed by atoms with Gasteiger partial charge >= 0.3 is 0 Å². The zero-order valence-corrected chi connectivity index (χ0v) is 7.29. The van der Waals surface area contributed by atoms with Gasteiger partial charge in [-0.2, -0.15) is 0 Å². The minimum Gasteiger partial charge on any atom is -0.356 e. The van der Waals surface area contributed by atoms with E-state index in [-0.39, 0.29) is 11.8 Å². The largest absolute Gasteiger partial charge is 0.356 e. The van der Waals surface area contributed by atoms with Gasteiger partial charge < -0.3 is 10.3 Å². The van der Waals surface area contributed by atoms with Gasteiger partial charge in [-0.05, 0) is 0 Å². The molecule has 0 aliphatic rings. The molecule has 0 fully saturated rings. The van der Waals surface area contributed by atoms with E-state index in [9.17, 15) is 4.79 Å². The monoisotopic (exact) mass is 167 g/mol. The smallest absolute Gasteiger partial charge is 0.216 e. The summed E-state index contributed by atoms with van der Waals surface area (Å²) >= 11 is 0. The van der Waals surface area contributed by atoms with E-state index in [4.69, 9.17) is 0 Å². The first-order valence-electron chi connectivity index (χ1n) is 3.93. The molecule has 1 heterocycles. The quantitative estimate of drug-likeness (QED) is 0.694. The summed E-state index contributed by atoms with van der Waals surface area (Å²) in [6.45, 7) is 4.20. The van der Waals surface area contributed by atoms with E-state index in [1.165, 1.54) is 6.92 Å². The molecule has 4 nitrogen and oxygen atoms in total. The summed E-state index contributed by atoms with van der Waals surface area (Å²) < 4.78 is 0. The molecule has 2 N–H and O–H groups in total. The van der Waals surface area contributed by atoms with Gasteiger partial charge in [-0.15, -0.1) is 0 Å². The van der Waals surface area contributed by atoms with Crippen molar-refractivity contribution in [3.8, 4) is 0 Å². The number of hydrogen-bond acceptors (Lipinski definition) is 2. The number of carbonyl (C=O) groups is 1. The number of H-pyrrole nitrogens is 1. The van der Waals surface area contributed by atoms with E-state index >= 15 is 0 Å². The Balaban J connectivity index is 2.39. The van der Waals surface area contributed by atoms with Gasteiger partial charge in [-0.3, -0.25) is 4.79 Å². The number of nitrogens with one attached hydrogen (secondary N) is 2. The van der Waals surface area contributed by atoms with Crippen LogP contribution in [0.25, 0.3) is 0 Å². The lowest BCUT2D eigenvalue weighted by Gasteiger charge is -2.08. The molecule has 0 radical (unpaired) electrons. The van der Waals surface area contributed by atoms with Crippen molar-refractivity contribution in [2.75, 3.05) is 6.54 Å². The maximum Gasteiger partial charge on any atom is 0.216 e. The molecule has 1 rings (SSSR count). The van der Waals surface area contributed by atoms with Crippen molar-refractivity contribution in [2.45, 2.75) is 19.8 Å². The van der Waals surface area contributed by atoms with E-state index in [0.717, 1.165) is 5.69 Å². The van der Waals surface area contributed by atoms with Crippen LogP contribution in [0, 0.1) is 0 Å². The average Bonchev–Trinajstić information content (AvgIpc) is 2.51. The van der Waals surface area contributed by atoms with Crippen molar-refractivity contribution in [2.24, 2.45) is 0 Å². The van der Waals surface area contributed by atoms with Crippen LogP contribution in [0.1, 0.15) is 25.5 Å². The summed E-state index contributed by atoms with van der Waals surface area (Å²) in [4.78, 5) is 17.5.